The minimum atomic E-state index is -0.476. The Hall–Kier alpha value is -3.00. The van der Waals surface area contributed by atoms with Crippen molar-refractivity contribution >= 4 is 44.9 Å². The second kappa shape index (κ2) is 8.16. The molecule has 8 heteroatoms. The average Bonchev–Trinajstić information content (AvgIpc) is 3.07. The number of ether oxygens (including phenoxy) is 1. The second-order valence-corrected chi connectivity index (χ2v) is 8.19. The highest BCUT2D eigenvalue weighted by Gasteiger charge is 2.24. The summed E-state index contributed by atoms with van der Waals surface area (Å²) in [6.07, 6.45) is 6.77. The molecule has 0 aliphatic heterocycles. The van der Waals surface area contributed by atoms with Crippen LogP contribution in [0.3, 0.4) is 0 Å². The molecular formula is C21H22N4O3S. The highest BCUT2D eigenvalue weighted by atomic mass is 32.1. The van der Waals surface area contributed by atoms with Crippen molar-refractivity contribution in [3.8, 4) is 0 Å². The van der Waals surface area contributed by atoms with Crippen molar-refractivity contribution in [3.63, 3.8) is 0 Å². The van der Waals surface area contributed by atoms with Crippen LogP contribution in [-0.2, 0) is 4.74 Å². The molecule has 1 aliphatic rings. The summed E-state index contributed by atoms with van der Waals surface area (Å²) in [5.41, 5.74) is 7.28. The number of aromatic nitrogens is 2. The van der Waals surface area contributed by atoms with Crippen LogP contribution in [0.1, 0.15) is 57.7 Å². The zero-order valence-corrected chi connectivity index (χ0v) is 16.9. The van der Waals surface area contributed by atoms with Crippen LogP contribution in [0.15, 0.2) is 30.6 Å². The zero-order chi connectivity index (χ0) is 20.4. The Bertz CT molecular complexity index is 1060. The van der Waals surface area contributed by atoms with E-state index in [2.05, 4.69) is 15.3 Å². The number of nitrogens with zero attached hydrogens (tertiary/aromatic N) is 2. The summed E-state index contributed by atoms with van der Waals surface area (Å²) in [6, 6.07) is 6.81. The molecule has 1 aromatic carbocycles. The molecule has 3 aromatic rings. The van der Waals surface area contributed by atoms with Crippen molar-refractivity contribution in [1.29, 1.82) is 0 Å². The number of fused-ring (bicyclic) bond motifs is 1. The molecule has 2 aromatic heterocycles. The molecule has 1 saturated carbocycles. The molecule has 1 aliphatic carbocycles. The van der Waals surface area contributed by atoms with E-state index in [1.165, 1.54) is 24.1 Å². The molecule has 1 fully saturated rings. The van der Waals surface area contributed by atoms with E-state index in [9.17, 15) is 9.59 Å². The molecule has 4 rings (SSSR count). The Morgan fingerprint density at radius 1 is 1.14 bits per heavy atom. The van der Waals surface area contributed by atoms with Gasteiger partial charge in [0.15, 0.2) is 0 Å². The molecule has 2 heterocycles. The summed E-state index contributed by atoms with van der Waals surface area (Å²) >= 11 is 1.32. The van der Waals surface area contributed by atoms with Crippen LogP contribution in [0.25, 0.3) is 10.2 Å². The Morgan fingerprint density at radius 3 is 2.55 bits per heavy atom. The average molecular weight is 410 g/mol. The number of esters is 1. The fourth-order valence-corrected chi connectivity index (χ4v) is 4.64. The Labute approximate surface area is 172 Å². The third kappa shape index (κ3) is 4.07. The molecule has 1 amide bonds. The molecule has 29 heavy (non-hydrogen) atoms. The molecule has 7 nitrogen and oxygen atoms in total. The van der Waals surface area contributed by atoms with Gasteiger partial charge in [0.25, 0.3) is 0 Å². The first-order chi connectivity index (χ1) is 14.0. The number of thiophene rings is 1. The van der Waals surface area contributed by atoms with E-state index in [0.29, 0.717) is 16.3 Å². The third-order valence-corrected chi connectivity index (χ3v) is 6.35. The van der Waals surface area contributed by atoms with Gasteiger partial charge in [-0.15, -0.1) is 11.3 Å². The molecule has 3 N–H and O–H groups in total. The number of primary amides is 1. The van der Waals surface area contributed by atoms with Gasteiger partial charge in [-0.3, -0.25) is 4.79 Å². The molecule has 0 unspecified atom stereocenters. The van der Waals surface area contributed by atoms with Crippen LogP contribution in [0.2, 0.25) is 0 Å². The number of nitrogens with one attached hydrogen (secondary N) is 1. The van der Waals surface area contributed by atoms with E-state index in [-0.39, 0.29) is 12.1 Å². The number of hydrogen-bond acceptors (Lipinski definition) is 7. The van der Waals surface area contributed by atoms with E-state index < -0.39 is 5.91 Å². The fraction of sp³-hybridized carbons (Fsp3) is 0.333. The molecule has 0 radical (unpaired) electrons. The minimum absolute atomic E-state index is 0.00770. The van der Waals surface area contributed by atoms with Gasteiger partial charge in [0, 0.05) is 11.3 Å². The van der Waals surface area contributed by atoms with Gasteiger partial charge in [-0.05, 0) is 62.4 Å². The quantitative estimate of drug-likeness (QED) is 0.606. The predicted octanol–water partition coefficient (Wildman–Crippen LogP) is 4.33. The first kappa shape index (κ1) is 19.3. The Morgan fingerprint density at radius 2 is 1.86 bits per heavy atom. The van der Waals surface area contributed by atoms with E-state index in [4.69, 9.17) is 10.5 Å². The van der Waals surface area contributed by atoms with Gasteiger partial charge in [0.05, 0.1) is 5.39 Å². The maximum atomic E-state index is 12.8. The van der Waals surface area contributed by atoms with Crippen LogP contribution < -0.4 is 11.1 Å². The number of aryl methyl sites for hydroxylation is 1. The molecule has 0 spiro atoms. The molecule has 150 valence electrons. The maximum Gasteiger partial charge on any atom is 0.348 e. The monoisotopic (exact) mass is 410 g/mol. The van der Waals surface area contributed by atoms with Crippen molar-refractivity contribution in [2.45, 2.75) is 45.1 Å². The standard InChI is InChI=1S/C21H22N4O3S/c1-12-16-19(25-14-9-7-13(8-10-14)18(22)26)23-11-24-20(16)29-17(12)21(27)28-15-5-3-2-4-6-15/h7-11,15H,2-6H2,1H3,(H2,22,26)(H,23,24,25). The van der Waals surface area contributed by atoms with Crippen molar-refractivity contribution in [2.75, 3.05) is 5.32 Å². The summed E-state index contributed by atoms with van der Waals surface area (Å²) < 4.78 is 5.74. The van der Waals surface area contributed by atoms with Crippen molar-refractivity contribution in [2.24, 2.45) is 5.73 Å². The lowest BCUT2D eigenvalue weighted by atomic mass is 9.98. The van der Waals surface area contributed by atoms with Crippen molar-refractivity contribution in [3.05, 3.63) is 46.6 Å². The topological polar surface area (TPSA) is 107 Å². The minimum Gasteiger partial charge on any atom is -0.458 e. The number of anilines is 2. The summed E-state index contributed by atoms with van der Waals surface area (Å²) in [5.74, 6) is -0.155. The van der Waals surface area contributed by atoms with Gasteiger partial charge in [0.2, 0.25) is 5.91 Å². The number of hydrogen-bond donors (Lipinski definition) is 2. The van der Waals surface area contributed by atoms with Gasteiger partial charge in [-0.2, -0.15) is 0 Å². The highest BCUT2D eigenvalue weighted by Crippen LogP contribution is 2.35. The van der Waals surface area contributed by atoms with Crippen LogP contribution in [0.5, 0.6) is 0 Å². The highest BCUT2D eigenvalue weighted by molar-refractivity contribution is 7.20. The Balaban J connectivity index is 1.60. The smallest absolute Gasteiger partial charge is 0.348 e. The maximum absolute atomic E-state index is 12.8. The Kier molecular flexibility index (Phi) is 5.44. The zero-order valence-electron chi connectivity index (χ0n) is 16.1. The SMILES string of the molecule is Cc1c(C(=O)OC2CCCCC2)sc2ncnc(Nc3ccc(C(N)=O)cc3)c12. The van der Waals surface area contributed by atoms with Crippen LogP contribution in [-0.4, -0.2) is 27.9 Å². The number of carbonyl (C=O) groups is 2. The van der Waals surface area contributed by atoms with Crippen molar-refractivity contribution in [1.82, 2.24) is 9.97 Å². The van der Waals surface area contributed by atoms with Gasteiger partial charge in [-0.1, -0.05) is 6.42 Å². The van der Waals surface area contributed by atoms with E-state index in [1.807, 2.05) is 6.92 Å². The lowest BCUT2D eigenvalue weighted by Crippen LogP contribution is -2.20. The second-order valence-electron chi connectivity index (χ2n) is 7.19. The van der Waals surface area contributed by atoms with E-state index >= 15 is 0 Å². The molecule has 0 atom stereocenters. The van der Waals surface area contributed by atoms with Crippen LogP contribution in [0, 0.1) is 6.92 Å². The van der Waals surface area contributed by atoms with Crippen LogP contribution >= 0.6 is 11.3 Å². The number of nitrogens with two attached hydrogens (primary N) is 1. The van der Waals surface area contributed by atoms with Gasteiger partial charge >= 0.3 is 5.97 Å². The van der Waals surface area contributed by atoms with E-state index in [0.717, 1.165) is 47.2 Å². The number of amides is 1. The number of benzene rings is 1. The van der Waals surface area contributed by atoms with Gasteiger partial charge in [-0.25, -0.2) is 14.8 Å². The summed E-state index contributed by atoms with van der Waals surface area (Å²) in [4.78, 5) is 34.0. The fourth-order valence-electron chi connectivity index (χ4n) is 3.60. The normalized spacial score (nSPS) is 14.7. The van der Waals surface area contributed by atoms with Crippen molar-refractivity contribution < 1.29 is 14.3 Å². The predicted molar refractivity (Wildman–Crippen MR) is 113 cm³/mol. The lowest BCUT2D eigenvalue weighted by Gasteiger charge is -2.21. The molecular weight excluding hydrogens is 388 g/mol. The number of carbonyl (C=O) groups excluding carboxylic acids is 2. The van der Waals surface area contributed by atoms with Crippen LogP contribution in [0.4, 0.5) is 11.5 Å². The first-order valence-electron chi connectivity index (χ1n) is 9.65. The van der Waals surface area contributed by atoms with E-state index in [1.54, 1.807) is 24.3 Å². The summed E-state index contributed by atoms with van der Waals surface area (Å²) in [6.45, 7) is 1.89. The summed E-state index contributed by atoms with van der Waals surface area (Å²) in [5, 5.41) is 4.04. The third-order valence-electron chi connectivity index (χ3n) is 5.17. The van der Waals surface area contributed by atoms with Gasteiger partial charge < -0.3 is 15.8 Å². The summed E-state index contributed by atoms with van der Waals surface area (Å²) in [7, 11) is 0. The largest absolute Gasteiger partial charge is 0.458 e. The van der Waals surface area contributed by atoms with Gasteiger partial charge in [0.1, 0.15) is 28.0 Å². The lowest BCUT2D eigenvalue weighted by molar-refractivity contribution is 0.0216. The first-order valence-corrected chi connectivity index (χ1v) is 10.5. The number of rotatable bonds is 5. The molecule has 0 saturated heterocycles. The molecule has 0 bridgehead atoms.